The van der Waals surface area contributed by atoms with Gasteiger partial charge in [0.05, 0.1) is 46.1 Å². The van der Waals surface area contributed by atoms with Gasteiger partial charge in [-0.25, -0.2) is 4.79 Å². The van der Waals surface area contributed by atoms with Gasteiger partial charge in [-0.3, -0.25) is 14.2 Å². The summed E-state index contributed by atoms with van der Waals surface area (Å²) in [6, 6.07) is 35.5. The summed E-state index contributed by atoms with van der Waals surface area (Å²) in [4.78, 5) is 44.7. The highest BCUT2D eigenvalue weighted by Crippen LogP contribution is 2.47. The minimum Gasteiger partial charge on any atom is -0.497 e. The second-order valence-electron chi connectivity index (χ2n) is 16.2. The fourth-order valence-electron chi connectivity index (χ4n) is 7.23. The molecule has 60 heavy (non-hydrogen) atoms. The van der Waals surface area contributed by atoms with E-state index in [1.165, 1.54) is 10.8 Å². The Hall–Kier alpha value is -5.60. The van der Waals surface area contributed by atoms with Crippen molar-refractivity contribution in [3.8, 4) is 11.5 Å². The quantitative estimate of drug-likeness (QED) is 0.0587. The second-order valence-corrected chi connectivity index (χ2v) is 21.0. The summed E-state index contributed by atoms with van der Waals surface area (Å²) in [6.07, 6.45) is -1.11. The van der Waals surface area contributed by atoms with Crippen molar-refractivity contribution in [1.82, 2.24) is 9.55 Å². The third kappa shape index (κ3) is 9.55. The number of nitrogens with zero attached hydrogens (tertiary/aromatic N) is 2. The van der Waals surface area contributed by atoms with E-state index in [9.17, 15) is 14.4 Å². The van der Waals surface area contributed by atoms with Crippen molar-refractivity contribution in [2.24, 2.45) is 5.92 Å². The van der Waals surface area contributed by atoms with Gasteiger partial charge in [-0.15, -0.1) is 0 Å². The number of ether oxygens (including phenoxy) is 5. The number of carbonyl (C=O) groups excluding carboxylic acids is 2. The van der Waals surface area contributed by atoms with Crippen LogP contribution in [0.25, 0.3) is 0 Å². The molecule has 1 aromatic heterocycles. The minimum atomic E-state index is -2.60. The lowest BCUT2D eigenvalue weighted by atomic mass is 9.80. The van der Waals surface area contributed by atoms with Crippen molar-refractivity contribution >= 4 is 26.0 Å². The molecule has 0 radical (unpaired) electrons. The molecular formula is C47H55N3O9Si. The molecule has 12 nitrogen and oxygen atoms in total. The van der Waals surface area contributed by atoms with E-state index in [0.29, 0.717) is 17.1 Å². The fourth-order valence-corrected chi connectivity index (χ4v) is 8.55. The maximum atomic E-state index is 14.0. The van der Waals surface area contributed by atoms with Crippen LogP contribution in [0.4, 0.5) is 5.82 Å². The minimum absolute atomic E-state index is 0.0295. The van der Waals surface area contributed by atoms with Crippen molar-refractivity contribution in [1.29, 1.82) is 0 Å². The van der Waals surface area contributed by atoms with E-state index < -0.39 is 55.8 Å². The Labute approximate surface area is 352 Å². The fraction of sp³-hybridized carbons (Fsp3) is 0.362. The van der Waals surface area contributed by atoms with Crippen LogP contribution in [-0.4, -0.2) is 69.4 Å². The summed E-state index contributed by atoms with van der Waals surface area (Å²) in [5, 5.41) is 2.48. The number of esters is 1. The van der Waals surface area contributed by atoms with Crippen LogP contribution in [0.2, 0.25) is 18.1 Å². The van der Waals surface area contributed by atoms with E-state index in [-0.39, 0.29) is 30.5 Å². The first-order valence-corrected chi connectivity index (χ1v) is 23.0. The van der Waals surface area contributed by atoms with Gasteiger partial charge in [0.25, 0.3) is 5.91 Å². The van der Waals surface area contributed by atoms with Crippen LogP contribution in [-0.2, 0) is 29.0 Å². The van der Waals surface area contributed by atoms with Gasteiger partial charge in [0.1, 0.15) is 22.9 Å². The SMILES string of the molecule is CCOC(=O)C[C@H]1[C@@H](O[Si](C)(C)C(C)(C)C)[C@H](n2ccc(NC(=O)c3ccccc3)nc2=O)O[C@@H]1COC(c1ccccc1)(c1ccc(OC)cc1)c1ccc(OC)cc1. The maximum Gasteiger partial charge on any atom is 0.351 e. The molecule has 1 N–H and O–H groups in total. The van der Waals surface area contributed by atoms with Gasteiger partial charge in [0.2, 0.25) is 0 Å². The van der Waals surface area contributed by atoms with Gasteiger partial charge in [-0.2, -0.15) is 4.98 Å². The lowest BCUT2D eigenvalue weighted by Gasteiger charge is -2.41. The van der Waals surface area contributed by atoms with Crippen LogP contribution in [0.3, 0.4) is 0 Å². The second kappa shape index (κ2) is 18.8. The molecule has 13 heteroatoms. The number of methoxy groups -OCH3 is 2. The number of anilines is 1. The molecule has 0 aliphatic carbocycles. The molecule has 0 spiro atoms. The normalized spacial score (nSPS) is 18.1. The number of nitrogens with one attached hydrogen (secondary N) is 1. The van der Waals surface area contributed by atoms with Crippen LogP contribution in [0.15, 0.2) is 126 Å². The highest BCUT2D eigenvalue weighted by atomic mass is 28.4. The van der Waals surface area contributed by atoms with Crippen LogP contribution >= 0.6 is 0 Å². The Kier molecular flexibility index (Phi) is 13.7. The number of aromatic nitrogens is 2. The van der Waals surface area contributed by atoms with Crippen molar-refractivity contribution in [3.63, 3.8) is 0 Å². The van der Waals surface area contributed by atoms with Crippen molar-refractivity contribution in [2.75, 3.05) is 32.8 Å². The molecule has 6 rings (SSSR count). The highest BCUT2D eigenvalue weighted by molar-refractivity contribution is 6.74. The van der Waals surface area contributed by atoms with Gasteiger partial charge < -0.3 is 33.4 Å². The van der Waals surface area contributed by atoms with Crippen molar-refractivity contribution < 1.29 is 37.7 Å². The third-order valence-electron chi connectivity index (χ3n) is 11.5. The van der Waals surface area contributed by atoms with E-state index in [1.807, 2.05) is 84.9 Å². The number of hydrogen-bond acceptors (Lipinski definition) is 10. The average Bonchev–Trinajstić information content (AvgIpc) is 3.56. The first kappa shape index (κ1) is 44.0. The zero-order valence-electron chi connectivity index (χ0n) is 35.5. The summed E-state index contributed by atoms with van der Waals surface area (Å²) in [6.45, 7) is 12.5. The number of rotatable bonds is 16. The molecule has 1 amide bonds. The molecule has 1 aliphatic rings. The summed E-state index contributed by atoms with van der Waals surface area (Å²) >= 11 is 0. The van der Waals surface area contributed by atoms with Crippen LogP contribution in [0, 0.1) is 5.92 Å². The number of amides is 1. The first-order chi connectivity index (χ1) is 28.7. The molecular weight excluding hydrogens is 779 g/mol. The highest BCUT2D eigenvalue weighted by Gasteiger charge is 2.53. The first-order valence-electron chi connectivity index (χ1n) is 20.1. The standard InChI is InChI=1S/C47H55N3O9Si/c1-9-56-41(51)30-38-39(31-57-47(33-18-14-11-15-19-33,34-20-24-36(54-5)25-21-34)35-22-26-37(55-6)27-23-35)58-44(42(38)59-60(7,8)46(2,3)4)50-29-28-40(49-45(50)53)48-43(52)32-16-12-10-13-17-32/h10-29,38-39,42,44H,9,30-31H2,1-8H3,(H,48,49,52,53)/t38-,39-,42-,44-/m1/s1. The molecule has 1 fully saturated rings. The molecule has 0 saturated carbocycles. The molecule has 1 saturated heterocycles. The summed E-state index contributed by atoms with van der Waals surface area (Å²) in [5.41, 5.74) is 1.05. The van der Waals surface area contributed by atoms with Crippen LogP contribution in [0.5, 0.6) is 11.5 Å². The molecule has 0 unspecified atom stereocenters. The van der Waals surface area contributed by atoms with E-state index in [4.69, 9.17) is 28.1 Å². The summed E-state index contributed by atoms with van der Waals surface area (Å²) in [5.74, 6) is 0.000233. The Balaban J connectivity index is 1.45. The molecule has 4 aromatic carbocycles. The zero-order chi connectivity index (χ0) is 43.1. The molecule has 2 heterocycles. The summed E-state index contributed by atoms with van der Waals surface area (Å²) in [7, 11) is 0.641. The van der Waals surface area contributed by atoms with Gasteiger partial charge in [-0.05, 0) is 84.2 Å². The molecule has 1 aliphatic heterocycles. The third-order valence-corrected chi connectivity index (χ3v) is 15.9. The van der Waals surface area contributed by atoms with E-state index >= 15 is 0 Å². The average molecular weight is 834 g/mol. The van der Waals surface area contributed by atoms with Gasteiger partial charge >= 0.3 is 11.7 Å². The molecule has 5 aromatic rings. The molecule has 0 bridgehead atoms. The lowest BCUT2D eigenvalue weighted by Crippen LogP contribution is -2.48. The van der Waals surface area contributed by atoms with Gasteiger partial charge in [0.15, 0.2) is 14.5 Å². The number of benzene rings is 4. The van der Waals surface area contributed by atoms with Crippen molar-refractivity contribution in [2.45, 2.75) is 76.3 Å². The van der Waals surface area contributed by atoms with Crippen LogP contribution in [0.1, 0.15) is 67.4 Å². The monoisotopic (exact) mass is 833 g/mol. The molecule has 316 valence electrons. The van der Waals surface area contributed by atoms with Gasteiger partial charge in [0, 0.05) is 17.7 Å². The molecule has 4 atom stereocenters. The van der Waals surface area contributed by atoms with E-state index in [0.717, 1.165) is 16.7 Å². The maximum absolute atomic E-state index is 14.0. The lowest BCUT2D eigenvalue weighted by molar-refractivity contribution is -0.146. The number of hydrogen-bond donors (Lipinski definition) is 1. The zero-order valence-corrected chi connectivity index (χ0v) is 36.5. The smallest absolute Gasteiger partial charge is 0.351 e. The largest absolute Gasteiger partial charge is 0.497 e. The summed E-state index contributed by atoms with van der Waals surface area (Å²) < 4.78 is 39.3. The van der Waals surface area contributed by atoms with E-state index in [1.54, 1.807) is 51.5 Å². The predicted octanol–water partition coefficient (Wildman–Crippen LogP) is 8.38. The number of carbonyl (C=O) groups is 2. The Bertz CT molecular complexity index is 2210. The topological polar surface area (TPSA) is 136 Å². The Morgan fingerprint density at radius 1 is 0.800 bits per heavy atom. The Morgan fingerprint density at radius 3 is 1.87 bits per heavy atom. The Morgan fingerprint density at radius 2 is 1.35 bits per heavy atom. The van der Waals surface area contributed by atoms with Crippen molar-refractivity contribution in [3.05, 3.63) is 154 Å². The predicted molar refractivity (Wildman–Crippen MR) is 232 cm³/mol. The van der Waals surface area contributed by atoms with E-state index in [2.05, 4.69) is 44.2 Å². The van der Waals surface area contributed by atoms with Gasteiger partial charge in [-0.1, -0.05) is 93.6 Å². The van der Waals surface area contributed by atoms with Crippen LogP contribution < -0.4 is 20.5 Å².